The lowest BCUT2D eigenvalue weighted by Crippen LogP contribution is -1.94. The summed E-state index contributed by atoms with van der Waals surface area (Å²) in [5, 5.41) is 3.87. The van der Waals surface area contributed by atoms with Gasteiger partial charge in [-0.25, -0.2) is 4.98 Å². The molecule has 0 aliphatic heterocycles. The van der Waals surface area contributed by atoms with Crippen LogP contribution in [0.1, 0.15) is 17.3 Å². The highest BCUT2D eigenvalue weighted by atomic mass is 35.5. The van der Waals surface area contributed by atoms with Gasteiger partial charge in [0, 0.05) is 31.0 Å². The Morgan fingerprint density at radius 1 is 1.41 bits per heavy atom. The first-order chi connectivity index (χ1) is 8.31. The molecular weight excluding hydrogens is 242 g/mol. The highest BCUT2D eigenvalue weighted by Crippen LogP contribution is 2.10. The Bertz CT molecular complexity index is 470. The maximum absolute atomic E-state index is 5.59. The Hall–Kier alpha value is -1.62. The number of methoxy groups -OCH3 is 1. The molecule has 0 spiro atoms. The molecular formula is C11H12ClN3O2. The molecule has 0 unspecified atom stereocenters. The van der Waals surface area contributed by atoms with E-state index in [1.807, 2.05) is 6.07 Å². The molecule has 90 valence electrons. The van der Waals surface area contributed by atoms with Crippen LogP contribution in [0.4, 0.5) is 0 Å². The molecule has 0 aromatic carbocycles. The number of hydrogen-bond donors (Lipinski definition) is 0. The predicted molar refractivity (Wildman–Crippen MR) is 62.3 cm³/mol. The van der Waals surface area contributed by atoms with E-state index in [0.29, 0.717) is 36.3 Å². The van der Waals surface area contributed by atoms with Gasteiger partial charge in [0.15, 0.2) is 5.82 Å². The number of halogens is 1. The number of alkyl halides is 1. The predicted octanol–water partition coefficient (Wildman–Crippen LogP) is 1.85. The monoisotopic (exact) mass is 253 g/mol. The summed E-state index contributed by atoms with van der Waals surface area (Å²) in [4.78, 5) is 8.32. The summed E-state index contributed by atoms with van der Waals surface area (Å²) >= 11 is 5.59. The Balaban J connectivity index is 2.03. The van der Waals surface area contributed by atoms with Crippen LogP contribution in [0.2, 0.25) is 0 Å². The van der Waals surface area contributed by atoms with Gasteiger partial charge in [-0.2, -0.15) is 4.98 Å². The van der Waals surface area contributed by atoms with E-state index in [1.54, 1.807) is 19.4 Å². The highest BCUT2D eigenvalue weighted by molar-refractivity contribution is 6.17. The lowest BCUT2D eigenvalue weighted by molar-refractivity contribution is 0.378. The van der Waals surface area contributed by atoms with Crippen LogP contribution in [-0.4, -0.2) is 28.1 Å². The number of pyridine rings is 1. The van der Waals surface area contributed by atoms with E-state index in [1.165, 1.54) is 0 Å². The van der Waals surface area contributed by atoms with Crippen molar-refractivity contribution in [3.8, 4) is 5.88 Å². The Morgan fingerprint density at radius 2 is 2.29 bits per heavy atom. The quantitative estimate of drug-likeness (QED) is 0.761. The lowest BCUT2D eigenvalue weighted by atomic mass is 10.2. The van der Waals surface area contributed by atoms with E-state index in [-0.39, 0.29) is 0 Å². The fourth-order valence-corrected chi connectivity index (χ4v) is 1.52. The van der Waals surface area contributed by atoms with Crippen molar-refractivity contribution in [2.75, 3.05) is 13.0 Å². The molecule has 2 aromatic rings. The zero-order valence-electron chi connectivity index (χ0n) is 9.39. The van der Waals surface area contributed by atoms with Gasteiger partial charge in [-0.3, -0.25) is 0 Å². The number of hydrogen-bond acceptors (Lipinski definition) is 5. The molecule has 2 rings (SSSR count). The molecule has 6 heteroatoms. The third-order valence-electron chi connectivity index (χ3n) is 2.19. The van der Waals surface area contributed by atoms with Crippen LogP contribution in [0.25, 0.3) is 0 Å². The summed E-state index contributed by atoms with van der Waals surface area (Å²) in [6.45, 7) is 0. The first kappa shape index (κ1) is 11.9. The van der Waals surface area contributed by atoms with Crippen LogP contribution in [0, 0.1) is 0 Å². The first-order valence-electron chi connectivity index (χ1n) is 5.18. The van der Waals surface area contributed by atoms with Gasteiger partial charge in [0.25, 0.3) is 0 Å². The van der Waals surface area contributed by atoms with E-state index in [9.17, 15) is 0 Å². The molecule has 5 nitrogen and oxygen atoms in total. The fourth-order valence-electron chi connectivity index (χ4n) is 1.36. The minimum absolute atomic E-state index is 0.478. The van der Waals surface area contributed by atoms with E-state index in [2.05, 4.69) is 15.1 Å². The summed E-state index contributed by atoms with van der Waals surface area (Å²) < 4.78 is 10.0. The summed E-state index contributed by atoms with van der Waals surface area (Å²) in [5.74, 6) is 2.27. The Morgan fingerprint density at radius 3 is 2.94 bits per heavy atom. The smallest absolute Gasteiger partial charge is 0.227 e. The van der Waals surface area contributed by atoms with Gasteiger partial charge >= 0.3 is 0 Å². The molecule has 17 heavy (non-hydrogen) atoms. The summed E-state index contributed by atoms with van der Waals surface area (Å²) in [7, 11) is 1.58. The van der Waals surface area contributed by atoms with Crippen molar-refractivity contribution >= 4 is 11.6 Å². The molecule has 0 atom stereocenters. The van der Waals surface area contributed by atoms with Gasteiger partial charge < -0.3 is 9.26 Å². The Labute approximate surface area is 104 Å². The van der Waals surface area contributed by atoms with Crippen molar-refractivity contribution in [3.63, 3.8) is 0 Å². The van der Waals surface area contributed by atoms with Crippen molar-refractivity contribution < 1.29 is 9.26 Å². The number of aromatic nitrogens is 3. The van der Waals surface area contributed by atoms with Crippen LogP contribution >= 0.6 is 11.6 Å². The van der Waals surface area contributed by atoms with E-state index in [4.69, 9.17) is 20.9 Å². The van der Waals surface area contributed by atoms with Crippen LogP contribution in [0.5, 0.6) is 5.88 Å². The van der Waals surface area contributed by atoms with Gasteiger partial charge in [0.2, 0.25) is 11.8 Å². The van der Waals surface area contributed by atoms with Gasteiger partial charge in [-0.1, -0.05) is 11.2 Å². The van der Waals surface area contributed by atoms with Gasteiger partial charge in [-0.15, -0.1) is 11.6 Å². The second kappa shape index (κ2) is 5.63. The SMILES string of the molecule is COc1ccc(Cc2noc(CCCl)n2)cn1. The maximum Gasteiger partial charge on any atom is 0.227 e. The normalized spacial score (nSPS) is 10.5. The molecule has 0 radical (unpaired) electrons. The second-order valence-electron chi connectivity index (χ2n) is 3.43. The number of aryl methyl sites for hydroxylation is 1. The van der Waals surface area contributed by atoms with E-state index in [0.717, 1.165) is 5.56 Å². The van der Waals surface area contributed by atoms with E-state index >= 15 is 0 Å². The third-order valence-corrected chi connectivity index (χ3v) is 2.38. The minimum Gasteiger partial charge on any atom is -0.481 e. The summed E-state index contributed by atoms with van der Waals surface area (Å²) in [6.07, 6.45) is 2.91. The third kappa shape index (κ3) is 3.17. The molecule has 0 aliphatic carbocycles. The molecule has 0 aliphatic rings. The molecule has 0 amide bonds. The van der Waals surface area contributed by atoms with Gasteiger partial charge in [0.1, 0.15) is 0 Å². The zero-order valence-corrected chi connectivity index (χ0v) is 10.1. The molecule has 0 bridgehead atoms. The van der Waals surface area contributed by atoms with Crippen LogP contribution < -0.4 is 4.74 Å². The minimum atomic E-state index is 0.478. The molecule has 0 saturated heterocycles. The van der Waals surface area contributed by atoms with Crippen LogP contribution in [0.3, 0.4) is 0 Å². The Kier molecular flexibility index (Phi) is 3.93. The second-order valence-corrected chi connectivity index (χ2v) is 3.81. The molecule has 0 fully saturated rings. The molecule has 2 heterocycles. The van der Waals surface area contributed by atoms with Crippen molar-refractivity contribution in [2.24, 2.45) is 0 Å². The van der Waals surface area contributed by atoms with Crippen LogP contribution in [0.15, 0.2) is 22.9 Å². The number of nitrogens with zero attached hydrogens (tertiary/aromatic N) is 3. The standard InChI is InChI=1S/C11H12ClN3O2/c1-16-10-3-2-8(7-13-10)6-9-14-11(4-5-12)17-15-9/h2-3,7H,4-6H2,1H3. The average molecular weight is 254 g/mol. The maximum atomic E-state index is 5.59. The average Bonchev–Trinajstić information content (AvgIpc) is 2.78. The fraction of sp³-hybridized carbons (Fsp3) is 0.364. The van der Waals surface area contributed by atoms with Crippen LogP contribution in [-0.2, 0) is 12.8 Å². The van der Waals surface area contributed by atoms with Gasteiger partial charge in [0.05, 0.1) is 7.11 Å². The first-order valence-corrected chi connectivity index (χ1v) is 5.71. The van der Waals surface area contributed by atoms with Crippen molar-refractivity contribution in [1.29, 1.82) is 0 Å². The topological polar surface area (TPSA) is 61.0 Å². The van der Waals surface area contributed by atoms with Gasteiger partial charge in [-0.05, 0) is 5.56 Å². The number of rotatable bonds is 5. The molecule has 0 saturated carbocycles. The highest BCUT2D eigenvalue weighted by Gasteiger charge is 2.06. The van der Waals surface area contributed by atoms with Crippen molar-refractivity contribution in [1.82, 2.24) is 15.1 Å². The summed E-state index contributed by atoms with van der Waals surface area (Å²) in [5.41, 5.74) is 1.00. The molecule has 2 aromatic heterocycles. The number of ether oxygens (including phenoxy) is 1. The zero-order chi connectivity index (χ0) is 12.1. The largest absolute Gasteiger partial charge is 0.481 e. The van der Waals surface area contributed by atoms with Crippen molar-refractivity contribution in [2.45, 2.75) is 12.8 Å². The lowest BCUT2D eigenvalue weighted by Gasteiger charge is -1.99. The summed E-state index contributed by atoms with van der Waals surface area (Å²) in [6, 6.07) is 3.72. The molecule has 0 N–H and O–H groups in total. The van der Waals surface area contributed by atoms with Crippen molar-refractivity contribution in [3.05, 3.63) is 35.6 Å². The van der Waals surface area contributed by atoms with E-state index < -0.39 is 0 Å².